The average Bonchev–Trinajstić information content (AvgIpc) is 3.47. The van der Waals surface area contributed by atoms with Gasteiger partial charge >= 0.3 is 5.97 Å². The summed E-state index contributed by atoms with van der Waals surface area (Å²) >= 11 is 1.32. The van der Waals surface area contributed by atoms with E-state index in [-0.39, 0.29) is 41.6 Å². The second-order valence-corrected chi connectivity index (χ2v) is 13.9. The minimum absolute atomic E-state index is 0.0759. The molecule has 2 unspecified atom stereocenters. The highest BCUT2D eigenvalue weighted by Crippen LogP contribution is 2.31. The zero-order valence-electron chi connectivity index (χ0n) is 29.0. The maximum Gasteiger partial charge on any atom is 0.303 e. The van der Waals surface area contributed by atoms with Crippen molar-refractivity contribution in [1.82, 2.24) is 20.5 Å². The molecule has 0 bridgehead atoms. The number of primary amides is 1. The van der Waals surface area contributed by atoms with Gasteiger partial charge in [0.05, 0.1) is 0 Å². The van der Waals surface area contributed by atoms with E-state index in [1.807, 2.05) is 20.9 Å². The molecule has 3 amide bonds. The molecule has 0 radical (unpaired) electrons. The van der Waals surface area contributed by atoms with Crippen LogP contribution in [0.1, 0.15) is 147 Å². The molecule has 0 aromatic carbocycles. The lowest BCUT2D eigenvalue weighted by Crippen LogP contribution is -2.42. The number of nitrogens with one attached hydrogen (secondary N) is 2. The van der Waals surface area contributed by atoms with Crippen molar-refractivity contribution >= 4 is 35.0 Å². The Hall–Kier alpha value is -2.53. The van der Waals surface area contributed by atoms with E-state index >= 15 is 0 Å². The van der Waals surface area contributed by atoms with Crippen molar-refractivity contribution < 1.29 is 23.9 Å². The number of hydrogen-bond acceptors (Lipinski definition) is 8. The number of carbonyl (C=O) groups is 4. The van der Waals surface area contributed by atoms with Gasteiger partial charge in [-0.1, -0.05) is 66.7 Å². The van der Waals surface area contributed by atoms with E-state index in [4.69, 9.17) is 10.5 Å². The van der Waals surface area contributed by atoms with Crippen molar-refractivity contribution in [2.45, 2.75) is 143 Å². The van der Waals surface area contributed by atoms with Gasteiger partial charge in [-0.05, 0) is 57.0 Å². The van der Waals surface area contributed by atoms with Crippen LogP contribution in [0.25, 0.3) is 0 Å². The Morgan fingerprint density at radius 3 is 2.29 bits per heavy atom. The number of rotatable bonds is 19. The molecule has 1 saturated carbocycles. The summed E-state index contributed by atoms with van der Waals surface area (Å²) < 4.78 is 5.61. The minimum Gasteiger partial charge on any atom is -0.455 e. The summed E-state index contributed by atoms with van der Waals surface area (Å²) in [5, 5.41) is 8.75. The minimum atomic E-state index is -0.601. The van der Waals surface area contributed by atoms with Gasteiger partial charge in [0.2, 0.25) is 11.8 Å². The van der Waals surface area contributed by atoms with Gasteiger partial charge in [-0.15, -0.1) is 11.3 Å². The third kappa shape index (κ3) is 17.7. The van der Waals surface area contributed by atoms with Crippen LogP contribution in [0.5, 0.6) is 0 Å². The van der Waals surface area contributed by atoms with Crippen LogP contribution in [-0.2, 0) is 19.1 Å². The molecule has 258 valence electrons. The number of nitrogens with two attached hydrogens (primary N) is 1. The Balaban J connectivity index is 0.000000656. The van der Waals surface area contributed by atoms with Gasteiger partial charge in [-0.2, -0.15) is 0 Å². The fourth-order valence-corrected chi connectivity index (χ4v) is 6.21. The third-order valence-corrected chi connectivity index (χ3v) is 8.90. The molecule has 1 aliphatic rings. The molecule has 4 N–H and O–H groups in total. The van der Waals surface area contributed by atoms with Gasteiger partial charge in [-0.25, -0.2) is 4.98 Å². The topological polar surface area (TPSA) is 144 Å². The number of thiazole rings is 1. The molecule has 1 aromatic rings. The molecule has 11 heteroatoms. The van der Waals surface area contributed by atoms with Gasteiger partial charge < -0.3 is 26.0 Å². The Kier molecular flexibility index (Phi) is 20.6. The third-order valence-electron chi connectivity index (χ3n) is 7.96. The van der Waals surface area contributed by atoms with Crippen LogP contribution in [0, 0.1) is 11.8 Å². The Bertz CT molecular complexity index is 1010. The van der Waals surface area contributed by atoms with Crippen molar-refractivity contribution in [2.24, 2.45) is 17.6 Å². The Morgan fingerprint density at radius 1 is 1.04 bits per heavy atom. The number of aromatic nitrogens is 1. The van der Waals surface area contributed by atoms with Crippen LogP contribution in [0.2, 0.25) is 0 Å². The predicted molar refractivity (Wildman–Crippen MR) is 182 cm³/mol. The smallest absolute Gasteiger partial charge is 0.303 e. The van der Waals surface area contributed by atoms with E-state index in [1.165, 1.54) is 37.5 Å². The maximum absolute atomic E-state index is 12.7. The van der Waals surface area contributed by atoms with Crippen molar-refractivity contribution in [3.63, 3.8) is 0 Å². The van der Waals surface area contributed by atoms with E-state index in [1.54, 1.807) is 10.3 Å². The molecule has 0 aliphatic heterocycles. The standard InChI is InChI=1S/C24H39N3O4S.C10H22N2O/c1-15(2)12-22(29)27(6)20(16(3)4)13-21(31-17(5)28)24-26-19(14-32-24)23(30)25-18-10-8-7-9-11-18;1-2-3-8-12-9-6-4-5-7-10(11)13/h14-16,18,20-21H,7-13H2,1-6H3,(H,25,30);12H,2-9H2,1H3,(H2,11,13). The summed E-state index contributed by atoms with van der Waals surface area (Å²) in [6.07, 6.45) is 12.0. The molecular weight excluding hydrogens is 590 g/mol. The summed E-state index contributed by atoms with van der Waals surface area (Å²) in [7, 11) is 1.81. The number of hydrogen-bond donors (Lipinski definition) is 3. The van der Waals surface area contributed by atoms with Crippen molar-refractivity contribution in [3.8, 4) is 0 Å². The highest BCUT2D eigenvalue weighted by atomic mass is 32.1. The number of unbranched alkanes of at least 4 members (excludes halogenated alkanes) is 3. The first-order chi connectivity index (χ1) is 21.3. The number of amides is 3. The van der Waals surface area contributed by atoms with Crippen LogP contribution in [-0.4, -0.2) is 65.8 Å². The van der Waals surface area contributed by atoms with Gasteiger partial charge in [0.25, 0.3) is 5.91 Å². The molecular formula is C34H61N5O5S. The molecule has 2 atom stereocenters. The first kappa shape index (κ1) is 40.5. The second-order valence-electron chi connectivity index (χ2n) is 13.0. The summed E-state index contributed by atoms with van der Waals surface area (Å²) in [5.41, 5.74) is 5.38. The molecule has 2 rings (SSSR count). The molecule has 0 saturated heterocycles. The highest BCUT2D eigenvalue weighted by molar-refractivity contribution is 7.09. The SMILES string of the molecule is CC(=O)OC(CC(C(C)C)N(C)C(=O)CC(C)C)c1nc(C(=O)NC2CCCCC2)cs1.CCCCNCCCCCC(N)=O. The molecule has 1 fully saturated rings. The lowest BCUT2D eigenvalue weighted by Gasteiger charge is -2.34. The fraction of sp³-hybridized carbons (Fsp3) is 0.794. The van der Waals surface area contributed by atoms with E-state index in [0.29, 0.717) is 30.0 Å². The van der Waals surface area contributed by atoms with Crippen LogP contribution < -0.4 is 16.4 Å². The quantitative estimate of drug-likeness (QED) is 0.120. The van der Waals surface area contributed by atoms with Gasteiger partial charge in [0.15, 0.2) is 6.10 Å². The van der Waals surface area contributed by atoms with Crippen molar-refractivity contribution in [2.75, 3.05) is 20.1 Å². The Morgan fingerprint density at radius 2 is 1.71 bits per heavy atom. The Labute approximate surface area is 276 Å². The summed E-state index contributed by atoms with van der Waals surface area (Å²) in [6.45, 7) is 13.9. The lowest BCUT2D eigenvalue weighted by molar-refractivity contribution is -0.148. The largest absolute Gasteiger partial charge is 0.455 e. The van der Waals surface area contributed by atoms with Gasteiger partial charge in [-0.3, -0.25) is 19.2 Å². The van der Waals surface area contributed by atoms with E-state index in [0.717, 1.165) is 58.0 Å². The normalized spacial score (nSPS) is 14.8. The summed E-state index contributed by atoms with van der Waals surface area (Å²) in [6, 6.07) is 0.0885. The van der Waals surface area contributed by atoms with Crippen LogP contribution >= 0.6 is 11.3 Å². The fourth-order valence-electron chi connectivity index (χ4n) is 5.37. The first-order valence-electron chi connectivity index (χ1n) is 17.0. The van der Waals surface area contributed by atoms with Crippen LogP contribution in [0.15, 0.2) is 5.38 Å². The molecule has 0 spiro atoms. The van der Waals surface area contributed by atoms with Crippen molar-refractivity contribution in [1.29, 1.82) is 0 Å². The first-order valence-corrected chi connectivity index (χ1v) is 17.9. The molecule has 10 nitrogen and oxygen atoms in total. The zero-order chi connectivity index (χ0) is 33.8. The molecule has 45 heavy (non-hydrogen) atoms. The van der Waals surface area contributed by atoms with E-state index in [2.05, 4.69) is 36.4 Å². The monoisotopic (exact) mass is 651 g/mol. The number of ether oxygens (including phenoxy) is 1. The van der Waals surface area contributed by atoms with E-state index < -0.39 is 12.1 Å². The van der Waals surface area contributed by atoms with E-state index in [9.17, 15) is 19.2 Å². The average molecular weight is 652 g/mol. The molecule has 1 aromatic heterocycles. The van der Waals surface area contributed by atoms with Gasteiger partial charge in [0.1, 0.15) is 10.7 Å². The number of nitrogens with zero attached hydrogens (tertiary/aromatic N) is 2. The maximum atomic E-state index is 12.7. The predicted octanol–water partition coefficient (Wildman–Crippen LogP) is 6.15. The van der Waals surface area contributed by atoms with Crippen LogP contribution in [0.3, 0.4) is 0 Å². The summed E-state index contributed by atoms with van der Waals surface area (Å²) in [5.74, 6) is -0.247. The van der Waals surface area contributed by atoms with Crippen LogP contribution in [0.4, 0.5) is 0 Å². The van der Waals surface area contributed by atoms with Crippen molar-refractivity contribution in [3.05, 3.63) is 16.1 Å². The second kappa shape index (κ2) is 22.9. The molecule has 1 aliphatic carbocycles. The lowest BCUT2D eigenvalue weighted by atomic mass is 9.95. The number of esters is 1. The highest BCUT2D eigenvalue weighted by Gasteiger charge is 2.31. The summed E-state index contributed by atoms with van der Waals surface area (Å²) in [4.78, 5) is 53.8. The number of carbonyl (C=O) groups excluding carboxylic acids is 4. The molecule has 1 heterocycles. The zero-order valence-corrected chi connectivity index (χ0v) is 29.8. The van der Waals surface area contributed by atoms with Gasteiger partial charge in [0, 0.05) is 50.7 Å².